The Balaban J connectivity index is 1.49. The number of rotatable bonds is 6. The first-order chi connectivity index (χ1) is 14.2. The molecule has 2 heterocycles. The molecule has 1 atom stereocenters. The van der Waals surface area contributed by atoms with E-state index in [9.17, 15) is 9.59 Å². The molecule has 0 radical (unpaired) electrons. The van der Waals surface area contributed by atoms with Crippen molar-refractivity contribution in [3.05, 3.63) is 89.7 Å². The number of hydrogen-bond donors (Lipinski definition) is 0. The average molecular weight is 389 g/mol. The highest BCUT2D eigenvalue weighted by atomic mass is 16.5. The van der Waals surface area contributed by atoms with Crippen LogP contribution < -0.4 is 0 Å². The van der Waals surface area contributed by atoms with Gasteiger partial charge in [-0.15, -0.1) is 0 Å². The van der Waals surface area contributed by atoms with Crippen molar-refractivity contribution in [2.45, 2.75) is 25.5 Å². The molecule has 6 nitrogen and oxygen atoms in total. The lowest BCUT2D eigenvalue weighted by molar-refractivity contribution is -0.140. The maximum Gasteiger partial charge on any atom is 0.339 e. The molecule has 0 aliphatic carbocycles. The number of aromatic nitrogens is 2. The molecule has 0 bridgehead atoms. The molecule has 1 aliphatic rings. The fraction of sp³-hybridized carbons (Fsp3) is 0.261. The lowest BCUT2D eigenvalue weighted by Gasteiger charge is -2.23. The number of likely N-dealkylation sites (tertiary alicyclic amines) is 1. The number of nitrogens with zero attached hydrogens (tertiary/aromatic N) is 3. The number of ether oxygens (including phenoxy) is 1. The lowest BCUT2D eigenvalue weighted by atomic mass is 10.1. The van der Waals surface area contributed by atoms with Gasteiger partial charge in [0.15, 0.2) is 0 Å². The number of hydrogen-bond acceptors (Lipinski definition) is 4. The van der Waals surface area contributed by atoms with Gasteiger partial charge in [-0.25, -0.2) is 4.79 Å². The monoisotopic (exact) mass is 389 g/mol. The molecule has 6 heteroatoms. The highest BCUT2D eigenvalue weighted by molar-refractivity contribution is 5.92. The van der Waals surface area contributed by atoms with Gasteiger partial charge in [-0.3, -0.25) is 9.48 Å². The van der Waals surface area contributed by atoms with Crippen molar-refractivity contribution >= 4 is 11.9 Å². The Morgan fingerprint density at radius 1 is 0.966 bits per heavy atom. The normalized spacial score (nSPS) is 14.6. The number of carbonyl (C=O) groups excluding carboxylic acids is 2. The van der Waals surface area contributed by atoms with E-state index in [1.54, 1.807) is 23.2 Å². The second-order valence-electron chi connectivity index (χ2n) is 7.13. The van der Waals surface area contributed by atoms with Crippen molar-refractivity contribution in [1.82, 2.24) is 14.7 Å². The van der Waals surface area contributed by atoms with E-state index < -0.39 is 12.1 Å². The fourth-order valence-electron chi connectivity index (χ4n) is 3.49. The summed E-state index contributed by atoms with van der Waals surface area (Å²) in [7, 11) is 0. The van der Waals surface area contributed by atoms with Crippen molar-refractivity contribution < 1.29 is 14.3 Å². The minimum absolute atomic E-state index is 0.155. The van der Waals surface area contributed by atoms with Gasteiger partial charge in [0.05, 0.1) is 12.1 Å². The Kier molecular flexibility index (Phi) is 5.70. The van der Waals surface area contributed by atoms with E-state index in [1.807, 2.05) is 59.4 Å². The zero-order valence-corrected chi connectivity index (χ0v) is 16.1. The minimum atomic E-state index is -0.925. The molecule has 0 N–H and O–H groups in total. The second kappa shape index (κ2) is 8.73. The summed E-state index contributed by atoms with van der Waals surface area (Å²) >= 11 is 0. The molecule has 0 spiro atoms. The molecule has 0 unspecified atom stereocenters. The summed E-state index contributed by atoms with van der Waals surface area (Å²) in [5.41, 5.74) is 2.13. The molecular weight excluding hydrogens is 366 g/mol. The maximum absolute atomic E-state index is 13.0. The smallest absolute Gasteiger partial charge is 0.339 e. The van der Waals surface area contributed by atoms with Crippen LogP contribution in [0.1, 0.15) is 40.4 Å². The molecule has 1 aliphatic heterocycles. The van der Waals surface area contributed by atoms with Gasteiger partial charge >= 0.3 is 5.97 Å². The standard InChI is InChI=1S/C23H23N3O3/c27-22(25-14-4-5-15-25)21(19-7-2-1-3-8-19)29-23(28)20-11-9-18(10-12-20)17-26-16-6-13-24-26/h1-3,6-13,16,21H,4-5,14-15,17H2/t21-/m0/s1. The van der Waals surface area contributed by atoms with Crippen molar-refractivity contribution in [1.29, 1.82) is 0 Å². The maximum atomic E-state index is 13.0. The van der Waals surface area contributed by atoms with Gasteiger partial charge in [-0.05, 0) is 36.6 Å². The van der Waals surface area contributed by atoms with Gasteiger partial charge in [-0.1, -0.05) is 42.5 Å². The van der Waals surface area contributed by atoms with Crippen LogP contribution in [0.25, 0.3) is 0 Å². The van der Waals surface area contributed by atoms with Crippen LogP contribution in [-0.2, 0) is 16.1 Å². The van der Waals surface area contributed by atoms with Crippen LogP contribution in [0.4, 0.5) is 0 Å². The molecule has 1 amide bonds. The Morgan fingerprint density at radius 3 is 2.34 bits per heavy atom. The number of amides is 1. The third kappa shape index (κ3) is 4.54. The quantitative estimate of drug-likeness (QED) is 0.606. The van der Waals surface area contributed by atoms with E-state index in [4.69, 9.17) is 4.74 Å². The van der Waals surface area contributed by atoms with Gasteiger partial charge < -0.3 is 9.64 Å². The Morgan fingerprint density at radius 2 is 1.69 bits per heavy atom. The van der Waals surface area contributed by atoms with E-state index in [0.29, 0.717) is 30.8 Å². The van der Waals surface area contributed by atoms with E-state index in [-0.39, 0.29) is 5.91 Å². The van der Waals surface area contributed by atoms with Gasteiger partial charge in [0.25, 0.3) is 5.91 Å². The molecule has 0 saturated carbocycles. The molecule has 4 rings (SSSR count). The van der Waals surface area contributed by atoms with Crippen molar-refractivity contribution in [2.75, 3.05) is 13.1 Å². The molecule has 1 saturated heterocycles. The molecule has 1 aromatic heterocycles. The van der Waals surface area contributed by atoms with E-state index in [0.717, 1.165) is 18.4 Å². The summed E-state index contributed by atoms with van der Waals surface area (Å²) < 4.78 is 7.51. The highest BCUT2D eigenvalue weighted by Crippen LogP contribution is 2.24. The average Bonchev–Trinajstić information content (AvgIpc) is 3.47. The van der Waals surface area contributed by atoms with E-state index >= 15 is 0 Å². The van der Waals surface area contributed by atoms with Crippen LogP contribution in [0.5, 0.6) is 0 Å². The van der Waals surface area contributed by atoms with Crippen LogP contribution >= 0.6 is 0 Å². The molecule has 148 valence electrons. The number of carbonyl (C=O) groups is 2. The van der Waals surface area contributed by atoms with Crippen LogP contribution in [0.15, 0.2) is 73.1 Å². The summed E-state index contributed by atoms with van der Waals surface area (Å²) in [4.78, 5) is 27.5. The van der Waals surface area contributed by atoms with Crippen LogP contribution in [-0.4, -0.2) is 39.6 Å². The van der Waals surface area contributed by atoms with Crippen LogP contribution in [0.2, 0.25) is 0 Å². The van der Waals surface area contributed by atoms with Crippen LogP contribution in [0, 0.1) is 0 Å². The lowest BCUT2D eigenvalue weighted by Crippen LogP contribution is -2.34. The molecular formula is C23H23N3O3. The van der Waals surface area contributed by atoms with Gasteiger partial charge in [-0.2, -0.15) is 5.10 Å². The summed E-state index contributed by atoms with van der Waals surface area (Å²) in [6.45, 7) is 2.05. The SMILES string of the molecule is O=C(O[C@H](C(=O)N1CCCC1)c1ccccc1)c1ccc(Cn2cccn2)cc1. The fourth-order valence-corrected chi connectivity index (χ4v) is 3.49. The molecule has 29 heavy (non-hydrogen) atoms. The summed E-state index contributed by atoms with van der Waals surface area (Å²) in [5, 5.41) is 4.18. The second-order valence-corrected chi connectivity index (χ2v) is 7.13. The van der Waals surface area contributed by atoms with E-state index in [2.05, 4.69) is 5.10 Å². The molecule has 2 aromatic carbocycles. The van der Waals surface area contributed by atoms with Gasteiger partial charge in [0.1, 0.15) is 0 Å². The van der Waals surface area contributed by atoms with Crippen LogP contribution in [0.3, 0.4) is 0 Å². The third-order valence-corrected chi connectivity index (χ3v) is 5.06. The zero-order chi connectivity index (χ0) is 20.1. The minimum Gasteiger partial charge on any atom is -0.444 e. The first-order valence-electron chi connectivity index (χ1n) is 9.82. The molecule has 1 fully saturated rings. The Labute approximate surface area is 169 Å². The number of esters is 1. The predicted molar refractivity (Wildman–Crippen MR) is 108 cm³/mol. The first-order valence-corrected chi connectivity index (χ1v) is 9.82. The predicted octanol–water partition coefficient (Wildman–Crippen LogP) is 3.45. The zero-order valence-electron chi connectivity index (χ0n) is 16.1. The Hall–Kier alpha value is -3.41. The Bertz CT molecular complexity index is 947. The van der Waals surface area contributed by atoms with Crippen molar-refractivity contribution in [2.24, 2.45) is 0 Å². The summed E-state index contributed by atoms with van der Waals surface area (Å²) in [6.07, 6.45) is 4.66. The topological polar surface area (TPSA) is 64.4 Å². The first kappa shape index (κ1) is 18.9. The third-order valence-electron chi connectivity index (χ3n) is 5.06. The van der Waals surface area contributed by atoms with Gasteiger partial charge in [0.2, 0.25) is 6.10 Å². The van der Waals surface area contributed by atoms with E-state index in [1.165, 1.54) is 0 Å². The highest BCUT2D eigenvalue weighted by Gasteiger charge is 2.31. The largest absolute Gasteiger partial charge is 0.444 e. The van der Waals surface area contributed by atoms with Crippen molar-refractivity contribution in [3.8, 4) is 0 Å². The van der Waals surface area contributed by atoms with Crippen molar-refractivity contribution in [3.63, 3.8) is 0 Å². The van der Waals surface area contributed by atoms with Gasteiger partial charge in [0, 0.05) is 31.0 Å². The summed E-state index contributed by atoms with van der Waals surface area (Å²) in [5.74, 6) is -0.658. The summed E-state index contributed by atoms with van der Waals surface area (Å²) in [6, 6.07) is 18.3. The number of benzene rings is 2. The molecule has 3 aromatic rings.